The van der Waals surface area contributed by atoms with Gasteiger partial charge in [-0.15, -0.1) is 0 Å². The molecule has 0 saturated heterocycles. The normalized spacial score (nSPS) is 16.3. The molecule has 0 aromatic carbocycles. The van der Waals surface area contributed by atoms with E-state index in [1.807, 2.05) is 24.3 Å². The van der Waals surface area contributed by atoms with Gasteiger partial charge in [0, 0.05) is 13.1 Å². The lowest BCUT2D eigenvalue weighted by Crippen LogP contribution is -2.37. The zero-order valence-corrected chi connectivity index (χ0v) is 26.5. The van der Waals surface area contributed by atoms with Gasteiger partial charge in [0.05, 0.1) is 11.1 Å². The van der Waals surface area contributed by atoms with E-state index in [-0.39, 0.29) is 55.8 Å². The molecular formula is C36H38N6O4. The fraction of sp³-hybridized carbons (Fsp3) is 0.444. The van der Waals surface area contributed by atoms with Gasteiger partial charge in [-0.25, -0.2) is 0 Å². The summed E-state index contributed by atoms with van der Waals surface area (Å²) in [6.45, 7) is 4.99. The topological polar surface area (TPSA) is 162 Å². The molecule has 0 unspecified atom stereocenters. The third kappa shape index (κ3) is 6.98. The summed E-state index contributed by atoms with van der Waals surface area (Å²) in [5, 5.41) is 37.6. The second kappa shape index (κ2) is 16.1. The Bertz CT molecular complexity index is 1760. The molecule has 46 heavy (non-hydrogen) atoms. The highest BCUT2D eigenvalue weighted by molar-refractivity contribution is 6.30. The molecule has 0 aliphatic carbocycles. The third-order valence-corrected chi connectivity index (χ3v) is 8.27. The van der Waals surface area contributed by atoms with Crippen LogP contribution in [-0.2, 0) is 9.59 Å². The predicted octanol–water partition coefficient (Wildman–Crippen LogP) is 3.89. The summed E-state index contributed by atoms with van der Waals surface area (Å²) in [6.07, 6.45) is 12.0. The number of hydrogen-bond acceptors (Lipinski definition) is 8. The highest BCUT2D eigenvalue weighted by atomic mass is 16.3. The molecule has 0 spiro atoms. The Kier molecular flexibility index (Phi) is 11.8. The molecule has 2 aliphatic rings. The highest BCUT2D eigenvalue weighted by Crippen LogP contribution is 2.42. The molecule has 0 bridgehead atoms. The maximum Gasteiger partial charge on any atom is 0.261 e. The molecule has 0 atom stereocenters. The average Bonchev–Trinajstić information content (AvgIpc) is 3.84. The smallest absolute Gasteiger partial charge is 0.261 e. The number of rotatable bonds is 14. The Morgan fingerprint density at radius 3 is 1.26 bits per heavy atom. The molecule has 4 heterocycles. The van der Waals surface area contributed by atoms with Gasteiger partial charge in [-0.05, 0) is 37.1 Å². The fourth-order valence-electron chi connectivity index (χ4n) is 5.91. The van der Waals surface area contributed by atoms with Crippen molar-refractivity contribution >= 4 is 34.4 Å². The van der Waals surface area contributed by atoms with Gasteiger partial charge in [-0.2, -0.15) is 21.0 Å². The molecule has 0 N–H and O–H groups in total. The molecule has 236 valence electrons. The Morgan fingerprint density at radius 2 is 0.913 bits per heavy atom. The second-order valence-electron chi connectivity index (χ2n) is 11.4. The van der Waals surface area contributed by atoms with Crippen molar-refractivity contribution in [2.24, 2.45) is 0 Å². The van der Waals surface area contributed by atoms with Crippen LogP contribution in [0.5, 0.6) is 0 Å². The van der Waals surface area contributed by atoms with Crippen molar-refractivity contribution in [1.29, 1.82) is 21.0 Å². The summed E-state index contributed by atoms with van der Waals surface area (Å²) in [7, 11) is 0. The van der Waals surface area contributed by atoms with E-state index < -0.39 is 0 Å². The van der Waals surface area contributed by atoms with E-state index in [1.54, 1.807) is 21.9 Å². The first-order valence-electron chi connectivity index (χ1n) is 16.1. The molecule has 10 heteroatoms. The van der Waals surface area contributed by atoms with Crippen molar-refractivity contribution in [2.45, 2.75) is 90.9 Å². The van der Waals surface area contributed by atoms with Crippen LogP contribution < -0.4 is 21.7 Å². The van der Waals surface area contributed by atoms with Crippen molar-refractivity contribution in [3.63, 3.8) is 0 Å². The van der Waals surface area contributed by atoms with Gasteiger partial charge in [0.1, 0.15) is 35.7 Å². The van der Waals surface area contributed by atoms with Crippen LogP contribution in [0.1, 0.15) is 90.9 Å². The first-order chi connectivity index (χ1) is 22.4. The molecule has 2 aliphatic heterocycles. The van der Waals surface area contributed by atoms with Crippen LogP contribution in [-0.4, -0.2) is 34.7 Å². The van der Waals surface area contributed by atoms with Gasteiger partial charge >= 0.3 is 0 Å². The lowest BCUT2D eigenvalue weighted by molar-refractivity contribution is -0.123. The summed E-state index contributed by atoms with van der Waals surface area (Å²) in [5.41, 5.74) is 1.06. The number of hydrogen-bond donors (Lipinski definition) is 0. The van der Waals surface area contributed by atoms with Crippen LogP contribution >= 0.6 is 0 Å². The molecule has 0 saturated carbocycles. The van der Waals surface area contributed by atoms with Gasteiger partial charge in [0.2, 0.25) is 0 Å². The molecule has 4 rings (SSSR count). The summed E-state index contributed by atoms with van der Waals surface area (Å²) in [4.78, 5) is 31.7. The van der Waals surface area contributed by atoms with E-state index in [0.717, 1.165) is 64.2 Å². The van der Waals surface area contributed by atoms with Gasteiger partial charge in [0.15, 0.2) is 32.8 Å². The van der Waals surface area contributed by atoms with Crippen molar-refractivity contribution in [3.8, 4) is 24.3 Å². The molecule has 0 fully saturated rings. The average molecular weight is 619 g/mol. The van der Waals surface area contributed by atoms with Crippen molar-refractivity contribution in [3.05, 3.63) is 57.1 Å². The molecule has 2 aromatic heterocycles. The SMILES string of the molecule is CCCCCCCCN1C(=O)C2=C(C(=O)N(CCCCCCCC)/C2=c2\ccc(=C(C#N)C#N)o2)/C1=c1/ccc(=C(C#N)C#N)o1. The monoisotopic (exact) mass is 618 g/mol. The van der Waals surface area contributed by atoms with E-state index in [0.29, 0.717) is 37.3 Å². The highest BCUT2D eigenvalue weighted by Gasteiger charge is 2.49. The minimum Gasteiger partial charge on any atom is -0.453 e. The van der Waals surface area contributed by atoms with Gasteiger partial charge < -0.3 is 18.6 Å². The molecule has 10 nitrogen and oxygen atoms in total. The van der Waals surface area contributed by atoms with Crippen LogP contribution in [0.25, 0.3) is 22.5 Å². The van der Waals surface area contributed by atoms with E-state index in [1.165, 1.54) is 12.1 Å². The van der Waals surface area contributed by atoms with Gasteiger partial charge in [0.25, 0.3) is 11.8 Å². The van der Waals surface area contributed by atoms with Crippen LogP contribution in [0, 0.1) is 45.3 Å². The number of nitriles is 4. The number of carbonyl (C=O) groups is 2. The standard InChI is InChI=1S/C36H38N6O4/c1-3-5-7-9-11-13-19-41-33(29-17-15-27(45-29)25(21-37)22-38)31-32(35(41)43)34(30-18-16-28(46-30)26(23-39)24-40)42(36(31)44)20-14-12-10-8-6-4-2/h15-18H,3-14,19-20H2,1-2H3/b33-29+,34-30+. The first kappa shape index (κ1) is 33.6. The third-order valence-electron chi connectivity index (χ3n) is 8.27. The number of unbranched alkanes of at least 4 members (excludes halogenated alkanes) is 10. The summed E-state index contributed by atoms with van der Waals surface area (Å²) in [6, 6.07) is 13.4. The predicted molar refractivity (Wildman–Crippen MR) is 169 cm³/mol. The lowest BCUT2D eigenvalue weighted by Gasteiger charge is -2.25. The van der Waals surface area contributed by atoms with E-state index in [9.17, 15) is 30.6 Å². The van der Waals surface area contributed by atoms with Crippen molar-refractivity contribution in [1.82, 2.24) is 9.80 Å². The van der Waals surface area contributed by atoms with Gasteiger partial charge in [-0.3, -0.25) is 9.59 Å². The molecule has 2 amide bonds. The lowest BCUT2D eigenvalue weighted by atomic mass is 10.1. The zero-order chi connectivity index (χ0) is 33.1. The van der Waals surface area contributed by atoms with Crippen molar-refractivity contribution in [2.75, 3.05) is 13.1 Å². The fourth-order valence-corrected chi connectivity index (χ4v) is 5.91. The number of amides is 2. The summed E-state index contributed by atoms with van der Waals surface area (Å²) < 4.78 is 11.9. The maximum absolute atomic E-state index is 14.3. The first-order valence-corrected chi connectivity index (χ1v) is 16.1. The minimum atomic E-state index is -0.377. The Balaban J connectivity index is 1.88. The summed E-state index contributed by atoms with van der Waals surface area (Å²) in [5.74, 6) is -0.754. The summed E-state index contributed by atoms with van der Waals surface area (Å²) >= 11 is 0. The number of furan rings is 2. The van der Waals surface area contributed by atoms with E-state index in [2.05, 4.69) is 13.8 Å². The Labute approximate surface area is 268 Å². The largest absolute Gasteiger partial charge is 0.453 e. The molecule has 2 aromatic rings. The Morgan fingerprint density at radius 1 is 0.565 bits per heavy atom. The van der Waals surface area contributed by atoms with E-state index >= 15 is 0 Å². The molecule has 0 radical (unpaired) electrons. The van der Waals surface area contributed by atoms with Crippen LogP contribution in [0.4, 0.5) is 0 Å². The zero-order valence-electron chi connectivity index (χ0n) is 26.5. The van der Waals surface area contributed by atoms with Crippen molar-refractivity contribution < 1.29 is 18.4 Å². The maximum atomic E-state index is 14.3. The quantitative estimate of drug-likeness (QED) is 0.288. The van der Waals surface area contributed by atoms with Crippen LogP contribution in [0.2, 0.25) is 0 Å². The van der Waals surface area contributed by atoms with E-state index in [4.69, 9.17) is 8.83 Å². The Hall–Kier alpha value is -5.32. The number of carbonyl (C=O) groups excluding carboxylic acids is 2. The minimum absolute atomic E-state index is 0.0545. The van der Waals surface area contributed by atoms with Gasteiger partial charge in [-0.1, -0.05) is 78.1 Å². The second-order valence-corrected chi connectivity index (χ2v) is 11.4. The number of nitrogens with zero attached hydrogens (tertiary/aromatic N) is 6. The molecular weight excluding hydrogens is 580 g/mol. The van der Waals surface area contributed by atoms with Crippen LogP contribution in [0.3, 0.4) is 0 Å². The van der Waals surface area contributed by atoms with Crippen LogP contribution in [0.15, 0.2) is 44.2 Å².